The van der Waals surface area contributed by atoms with Gasteiger partial charge in [-0.3, -0.25) is 0 Å². The average molecular weight is 174 g/mol. The van der Waals surface area contributed by atoms with E-state index in [9.17, 15) is 9.90 Å². The van der Waals surface area contributed by atoms with Crippen LogP contribution in [0.4, 0.5) is 0 Å². The molecule has 1 heterocycles. The van der Waals surface area contributed by atoms with Crippen molar-refractivity contribution in [2.24, 2.45) is 5.92 Å². The topological polar surface area (TPSA) is 66.8 Å². The van der Waals surface area contributed by atoms with Gasteiger partial charge in [0.1, 0.15) is 0 Å². The third-order valence-corrected chi connectivity index (χ3v) is 2.17. The van der Waals surface area contributed by atoms with E-state index in [0.717, 1.165) is 6.42 Å². The molecule has 4 heteroatoms. The van der Waals surface area contributed by atoms with Crippen molar-refractivity contribution < 1.29 is 19.7 Å². The molecule has 1 saturated heterocycles. The molecule has 0 saturated carbocycles. The maximum absolute atomic E-state index is 10.5. The standard InChI is InChI=1S/C8H14O4/c1-8(11,7(9)10)4-6-2-3-12-5-6/h6,11H,2-5H2,1H3,(H,9,10). The first-order valence-electron chi connectivity index (χ1n) is 4.06. The van der Waals surface area contributed by atoms with E-state index < -0.39 is 11.6 Å². The van der Waals surface area contributed by atoms with Crippen LogP contribution in [0, 0.1) is 5.92 Å². The van der Waals surface area contributed by atoms with Gasteiger partial charge in [-0.2, -0.15) is 0 Å². The second kappa shape index (κ2) is 3.41. The van der Waals surface area contributed by atoms with Crippen LogP contribution in [-0.2, 0) is 9.53 Å². The first-order valence-corrected chi connectivity index (χ1v) is 4.06. The fourth-order valence-corrected chi connectivity index (χ4v) is 1.39. The minimum absolute atomic E-state index is 0.191. The summed E-state index contributed by atoms with van der Waals surface area (Å²) in [6.07, 6.45) is 1.13. The van der Waals surface area contributed by atoms with E-state index in [1.807, 2.05) is 0 Å². The molecule has 0 amide bonds. The Morgan fingerprint density at radius 1 is 1.75 bits per heavy atom. The molecule has 70 valence electrons. The van der Waals surface area contributed by atoms with E-state index in [4.69, 9.17) is 9.84 Å². The van der Waals surface area contributed by atoms with Gasteiger partial charge in [0.05, 0.1) is 0 Å². The van der Waals surface area contributed by atoms with E-state index in [-0.39, 0.29) is 12.3 Å². The fraction of sp³-hybridized carbons (Fsp3) is 0.875. The highest BCUT2D eigenvalue weighted by Crippen LogP contribution is 2.23. The molecule has 0 bridgehead atoms. The smallest absolute Gasteiger partial charge is 0.335 e. The molecular formula is C8H14O4. The van der Waals surface area contributed by atoms with E-state index in [2.05, 4.69) is 0 Å². The van der Waals surface area contributed by atoms with Crippen LogP contribution >= 0.6 is 0 Å². The van der Waals surface area contributed by atoms with Gasteiger partial charge in [0.2, 0.25) is 0 Å². The van der Waals surface area contributed by atoms with Crippen LogP contribution in [0.1, 0.15) is 19.8 Å². The Balaban J connectivity index is 2.42. The van der Waals surface area contributed by atoms with Crippen molar-refractivity contribution in [2.45, 2.75) is 25.4 Å². The summed E-state index contributed by atoms with van der Waals surface area (Å²) in [6.45, 7) is 2.58. The highest BCUT2D eigenvalue weighted by atomic mass is 16.5. The van der Waals surface area contributed by atoms with Gasteiger partial charge in [-0.25, -0.2) is 4.79 Å². The van der Waals surface area contributed by atoms with E-state index in [1.165, 1.54) is 6.92 Å². The number of hydrogen-bond donors (Lipinski definition) is 2. The predicted octanol–water partition coefficient (Wildman–Crippen LogP) is 0.249. The first-order chi connectivity index (χ1) is 5.52. The lowest BCUT2D eigenvalue weighted by Crippen LogP contribution is -2.37. The monoisotopic (exact) mass is 174 g/mol. The number of ether oxygens (including phenoxy) is 1. The molecule has 1 rings (SSSR count). The molecule has 1 aliphatic rings. The Labute approximate surface area is 71.2 Å². The summed E-state index contributed by atoms with van der Waals surface area (Å²) in [5, 5.41) is 18.0. The summed E-state index contributed by atoms with van der Waals surface area (Å²) in [5.41, 5.74) is -1.60. The van der Waals surface area contributed by atoms with Crippen molar-refractivity contribution in [3.8, 4) is 0 Å². The number of carboxylic acid groups (broad SMARTS) is 1. The summed E-state index contributed by atoms with van der Waals surface area (Å²) >= 11 is 0. The molecular weight excluding hydrogens is 160 g/mol. The summed E-state index contributed by atoms with van der Waals surface area (Å²) in [4.78, 5) is 10.5. The van der Waals surface area contributed by atoms with Crippen LogP contribution in [0.15, 0.2) is 0 Å². The quantitative estimate of drug-likeness (QED) is 0.643. The maximum Gasteiger partial charge on any atom is 0.335 e. The molecule has 1 aliphatic heterocycles. The summed E-state index contributed by atoms with van der Waals surface area (Å²) in [5.74, 6) is -0.967. The van der Waals surface area contributed by atoms with Crippen molar-refractivity contribution in [3.63, 3.8) is 0 Å². The lowest BCUT2D eigenvalue weighted by Gasteiger charge is -2.20. The number of carboxylic acids is 1. The molecule has 0 aliphatic carbocycles. The normalized spacial score (nSPS) is 28.3. The first kappa shape index (κ1) is 9.48. The number of aliphatic hydroxyl groups is 1. The van der Waals surface area contributed by atoms with Crippen molar-refractivity contribution in [3.05, 3.63) is 0 Å². The SMILES string of the molecule is CC(O)(CC1CCOC1)C(=O)O. The van der Waals surface area contributed by atoms with Crippen LogP contribution in [0.25, 0.3) is 0 Å². The van der Waals surface area contributed by atoms with Crippen LogP contribution in [-0.4, -0.2) is 35.0 Å². The molecule has 0 spiro atoms. The van der Waals surface area contributed by atoms with Gasteiger partial charge in [0.15, 0.2) is 5.60 Å². The van der Waals surface area contributed by atoms with Gasteiger partial charge in [-0.05, 0) is 25.7 Å². The minimum atomic E-state index is -1.60. The van der Waals surface area contributed by atoms with Gasteiger partial charge < -0.3 is 14.9 Å². The molecule has 0 aromatic rings. The minimum Gasteiger partial charge on any atom is -0.479 e. The lowest BCUT2D eigenvalue weighted by atomic mass is 9.92. The van der Waals surface area contributed by atoms with Crippen LogP contribution in [0.2, 0.25) is 0 Å². The van der Waals surface area contributed by atoms with Crippen molar-refractivity contribution in [1.29, 1.82) is 0 Å². The molecule has 2 N–H and O–H groups in total. The summed E-state index contributed by atoms with van der Waals surface area (Å²) < 4.78 is 5.08. The Kier molecular flexibility index (Phi) is 2.69. The molecule has 12 heavy (non-hydrogen) atoms. The second-order valence-electron chi connectivity index (χ2n) is 3.51. The zero-order valence-corrected chi connectivity index (χ0v) is 7.12. The Bertz CT molecular complexity index is 170. The van der Waals surface area contributed by atoms with Gasteiger partial charge in [-0.1, -0.05) is 0 Å². The van der Waals surface area contributed by atoms with Gasteiger partial charge >= 0.3 is 5.97 Å². The van der Waals surface area contributed by atoms with Gasteiger partial charge in [0, 0.05) is 13.2 Å². The molecule has 2 atom stereocenters. The number of aliphatic carboxylic acids is 1. The number of carbonyl (C=O) groups is 1. The van der Waals surface area contributed by atoms with Crippen molar-refractivity contribution >= 4 is 5.97 Å². The van der Waals surface area contributed by atoms with Crippen molar-refractivity contribution in [1.82, 2.24) is 0 Å². The second-order valence-corrected chi connectivity index (χ2v) is 3.51. The fourth-order valence-electron chi connectivity index (χ4n) is 1.39. The summed E-state index contributed by atoms with van der Waals surface area (Å²) in [7, 11) is 0. The maximum atomic E-state index is 10.5. The van der Waals surface area contributed by atoms with E-state index >= 15 is 0 Å². The molecule has 2 unspecified atom stereocenters. The Morgan fingerprint density at radius 3 is 2.83 bits per heavy atom. The van der Waals surface area contributed by atoms with Crippen LogP contribution < -0.4 is 0 Å². The van der Waals surface area contributed by atoms with Gasteiger partial charge in [-0.15, -0.1) is 0 Å². The molecule has 4 nitrogen and oxygen atoms in total. The zero-order chi connectivity index (χ0) is 9.19. The van der Waals surface area contributed by atoms with E-state index in [1.54, 1.807) is 0 Å². The highest BCUT2D eigenvalue weighted by Gasteiger charge is 2.34. The lowest BCUT2D eigenvalue weighted by molar-refractivity contribution is -0.158. The molecule has 0 aromatic heterocycles. The largest absolute Gasteiger partial charge is 0.479 e. The third kappa shape index (κ3) is 2.19. The Hall–Kier alpha value is -0.610. The predicted molar refractivity (Wildman–Crippen MR) is 41.8 cm³/mol. The highest BCUT2D eigenvalue weighted by molar-refractivity contribution is 5.76. The van der Waals surface area contributed by atoms with Crippen LogP contribution in [0.3, 0.4) is 0 Å². The third-order valence-electron chi connectivity index (χ3n) is 2.17. The van der Waals surface area contributed by atoms with Crippen molar-refractivity contribution in [2.75, 3.05) is 13.2 Å². The van der Waals surface area contributed by atoms with Crippen LogP contribution in [0.5, 0.6) is 0 Å². The van der Waals surface area contributed by atoms with Gasteiger partial charge in [0.25, 0.3) is 0 Å². The Morgan fingerprint density at radius 2 is 2.42 bits per heavy atom. The average Bonchev–Trinajstić information content (AvgIpc) is 2.38. The number of rotatable bonds is 3. The molecule has 0 aromatic carbocycles. The zero-order valence-electron chi connectivity index (χ0n) is 7.12. The number of hydrogen-bond acceptors (Lipinski definition) is 3. The molecule has 0 radical (unpaired) electrons. The van der Waals surface area contributed by atoms with E-state index in [0.29, 0.717) is 13.2 Å². The summed E-state index contributed by atoms with van der Waals surface area (Å²) in [6, 6.07) is 0. The molecule has 1 fully saturated rings.